The molecular formula is C10H10N4S2. The van der Waals surface area contributed by atoms with Crippen molar-refractivity contribution in [3.63, 3.8) is 0 Å². The third-order valence-electron chi connectivity index (χ3n) is 2.06. The standard InChI is InChI=1S/C10H10N4S2/c1-7-2-4-8(5-3-7)6-11-14-9(15)12-13-10(14)16/h2-6H,1H3,(H,12,15)(H,13,16)/b11-6-. The van der Waals surface area contributed by atoms with Gasteiger partial charge in [-0.3, -0.25) is 10.2 Å². The molecule has 0 aliphatic rings. The molecule has 0 unspecified atom stereocenters. The second kappa shape index (κ2) is 4.54. The largest absolute Gasteiger partial charge is 0.273 e. The molecule has 0 fully saturated rings. The minimum atomic E-state index is 0.452. The lowest BCUT2D eigenvalue weighted by Crippen LogP contribution is -1.90. The fourth-order valence-electron chi connectivity index (χ4n) is 1.19. The Labute approximate surface area is 103 Å². The van der Waals surface area contributed by atoms with Gasteiger partial charge < -0.3 is 0 Å². The predicted octanol–water partition coefficient (Wildman–Crippen LogP) is 2.79. The Hall–Kier alpha value is -1.53. The third-order valence-corrected chi connectivity index (χ3v) is 2.61. The minimum Gasteiger partial charge on any atom is -0.273 e. The predicted molar refractivity (Wildman–Crippen MR) is 69.0 cm³/mol. The summed E-state index contributed by atoms with van der Waals surface area (Å²) in [5, 5.41) is 9.62. The van der Waals surface area contributed by atoms with Gasteiger partial charge in [-0.2, -0.15) is 9.78 Å². The minimum absolute atomic E-state index is 0.452. The molecule has 2 rings (SSSR count). The zero-order valence-electron chi connectivity index (χ0n) is 8.60. The number of benzene rings is 1. The van der Waals surface area contributed by atoms with Gasteiger partial charge in [0.15, 0.2) is 0 Å². The summed E-state index contributed by atoms with van der Waals surface area (Å²) in [6.45, 7) is 2.04. The summed E-state index contributed by atoms with van der Waals surface area (Å²) in [7, 11) is 0. The van der Waals surface area contributed by atoms with Crippen molar-refractivity contribution >= 4 is 30.7 Å². The monoisotopic (exact) mass is 250 g/mol. The van der Waals surface area contributed by atoms with Crippen molar-refractivity contribution in [1.29, 1.82) is 0 Å². The van der Waals surface area contributed by atoms with Crippen LogP contribution in [-0.2, 0) is 0 Å². The Bertz CT molecular complexity index is 588. The van der Waals surface area contributed by atoms with Crippen LogP contribution in [0.25, 0.3) is 0 Å². The molecule has 0 bridgehead atoms. The van der Waals surface area contributed by atoms with Crippen LogP contribution in [0.15, 0.2) is 29.4 Å². The second-order valence-electron chi connectivity index (χ2n) is 3.33. The number of aryl methyl sites for hydroxylation is 1. The van der Waals surface area contributed by atoms with E-state index in [1.165, 1.54) is 10.2 Å². The van der Waals surface area contributed by atoms with Crippen LogP contribution in [0.5, 0.6) is 0 Å². The summed E-state index contributed by atoms with van der Waals surface area (Å²) in [5.74, 6) is 0. The first kappa shape index (κ1) is 11.0. The molecule has 16 heavy (non-hydrogen) atoms. The topological polar surface area (TPSA) is 48.9 Å². The highest BCUT2D eigenvalue weighted by atomic mass is 32.1. The first-order chi connectivity index (χ1) is 7.66. The van der Waals surface area contributed by atoms with Gasteiger partial charge in [0, 0.05) is 0 Å². The number of hydrogen-bond donors (Lipinski definition) is 2. The van der Waals surface area contributed by atoms with E-state index < -0.39 is 0 Å². The average Bonchev–Trinajstić information content (AvgIpc) is 2.59. The second-order valence-corrected chi connectivity index (χ2v) is 4.10. The lowest BCUT2D eigenvalue weighted by atomic mass is 10.2. The van der Waals surface area contributed by atoms with Crippen LogP contribution in [0.3, 0.4) is 0 Å². The quantitative estimate of drug-likeness (QED) is 0.636. The van der Waals surface area contributed by atoms with Gasteiger partial charge in [0.1, 0.15) is 0 Å². The maximum atomic E-state index is 5.00. The van der Waals surface area contributed by atoms with Gasteiger partial charge in [0.2, 0.25) is 9.54 Å². The summed E-state index contributed by atoms with van der Waals surface area (Å²) in [6, 6.07) is 8.03. The molecule has 0 spiro atoms. The van der Waals surface area contributed by atoms with Crippen molar-refractivity contribution in [3.05, 3.63) is 44.9 Å². The van der Waals surface area contributed by atoms with Crippen molar-refractivity contribution in [1.82, 2.24) is 14.9 Å². The SMILES string of the molecule is Cc1ccc(/C=N\n2c(=S)[nH][nH]c2=S)cc1. The van der Waals surface area contributed by atoms with E-state index >= 15 is 0 Å². The lowest BCUT2D eigenvalue weighted by molar-refractivity contribution is 0.848. The van der Waals surface area contributed by atoms with Gasteiger partial charge in [-0.25, -0.2) is 0 Å². The highest BCUT2D eigenvalue weighted by Gasteiger charge is 1.92. The van der Waals surface area contributed by atoms with Crippen LogP contribution >= 0.6 is 24.4 Å². The molecule has 0 saturated carbocycles. The molecular weight excluding hydrogens is 240 g/mol. The summed E-state index contributed by atoms with van der Waals surface area (Å²) in [6.07, 6.45) is 1.72. The number of H-pyrrole nitrogens is 2. The normalized spacial score (nSPS) is 11.1. The first-order valence-electron chi connectivity index (χ1n) is 4.67. The van der Waals surface area contributed by atoms with Crippen molar-refractivity contribution in [2.75, 3.05) is 0 Å². The van der Waals surface area contributed by atoms with Gasteiger partial charge in [0.05, 0.1) is 6.21 Å². The Balaban J connectivity index is 2.31. The molecule has 0 amide bonds. The summed E-state index contributed by atoms with van der Waals surface area (Å²) in [5.41, 5.74) is 2.22. The number of rotatable bonds is 2. The molecule has 2 N–H and O–H groups in total. The van der Waals surface area contributed by atoms with E-state index in [0.717, 1.165) is 5.56 Å². The van der Waals surface area contributed by atoms with Crippen LogP contribution in [0.1, 0.15) is 11.1 Å². The van der Waals surface area contributed by atoms with E-state index in [2.05, 4.69) is 15.3 Å². The zero-order chi connectivity index (χ0) is 11.5. The molecule has 0 aliphatic heterocycles. The third kappa shape index (κ3) is 2.34. The van der Waals surface area contributed by atoms with E-state index in [4.69, 9.17) is 24.4 Å². The van der Waals surface area contributed by atoms with Gasteiger partial charge in [0.25, 0.3) is 0 Å². The number of nitrogens with one attached hydrogen (secondary N) is 2. The van der Waals surface area contributed by atoms with Crippen molar-refractivity contribution in [2.24, 2.45) is 5.10 Å². The van der Waals surface area contributed by atoms with Gasteiger partial charge in [-0.05, 0) is 36.9 Å². The highest BCUT2D eigenvalue weighted by molar-refractivity contribution is 7.72. The van der Waals surface area contributed by atoms with Crippen LogP contribution in [0.2, 0.25) is 0 Å². The Morgan fingerprint density at radius 3 is 2.25 bits per heavy atom. The molecule has 1 aromatic heterocycles. The molecule has 0 saturated heterocycles. The first-order valence-corrected chi connectivity index (χ1v) is 5.49. The van der Waals surface area contributed by atoms with Gasteiger partial charge in [-0.15, -0.1) is 0 Å². The fourth-order valence-corrected chi connectivity index (χ4v) is 1.62. The van der Waals surface area contributed by atoms with Crippen molar-refractivity contribution < 1.29 is 0 Å². The van der Waals surface area contributed by atoms with Crippen molar-refractivity contribution in [3.8, 4) is 0 Å². The molecule has 1 aromatic carbocycles. The molecule has 82 valence electrons. The molecule has 4 nitrogen and oxygen atoms in total. The molecule has 6 heteroatoms. The van der Waals surface area contributed by atoms with E-state index in [0.29, 0.717) is 9.54 Å². The molecule has 0 radical (unpaired) electrons. The van der Waals surface area contributed by atoms with Gasteiger partial charge >= 0.3 is 0 Å². The molecule has 1 heterocycles. The average molecular weight is 250 g/mol. The lowest BCUT2D eigenvalue weighted by Gasteiger charge is -1.94. The smallest absolute Gasteiger partial charge is 0.215 e. The Morgan fingerprint density at radius 2 is 1.69 bits per heavy atom. The fraction of sp³-hybridized carbons (Fsp3) is 0.100. The number of hydrogen-bond acceptors (Lipinski definition) is 3. The van der Waals surface area contributed by atoms with E-state index in [1.54, 1.807) is 6.21 Å². The number of nitrogens with zero attached hydrogens (tertiary/aromatic N) is 2. The van der Waals surface area contributed by atoms with Crippen LogP contribution in [0.4, 0.5) is 0 Å². The summed E-state index contributed by atoms with van der Waals surface area (Å²) >= 11 is 10.0. The van der Waals surface area contributed by atoms with E-state index in [1.807, 2.05) is 31.2 Å². The molecule has 2 aromatic rings. The zero-order valence-corrected chi connectivity index (χ0v) is 10.2. The number of aromatic nitrogens is 3. The van der Waals surface area contributed by atoms with Crippen LogP contribution in [0, 0.1) is 16.5 Å². The van der Waals surface area contributed by atoms with Crippen LogP contribution < -0.4 is 0 Å². The maximum Gasteiger partial charge on any atom is 0.215 e. The Morgan fingerprint density at radius 1 is 1.12 bits per heavy atom. The highest BCUT2D eigenvalue weighted by Crippen LogP contribution is 2.00. The Kier molecular flexibility index (Phi) is 3.12. The van der Waals surface area contributed by atoms with E-state index in [-0.39, 0.29) is 0 Å². The molecule has 0 aliphatic carbocycles. The number of aromatic amines is 2. The van der Waals surface area contributed by atoms with E-state index in [9.17, 15) is 0 Å². The van der Waals surface area contributed by atoms with Gasteiger partial charge in [-0.1, -0.05) is 29.8 Å². The summed E-state index contributed by atoms with van der Waals surface area (Å²) in [4.78, 5) is 0. The van der Waals surface area contributed by atoms with Crippen LogP contribution in [-0.4, -0.2) is 21.1 Å². The maximum absolute atomic E-state index is 5.00. The van der Waals surface area contributed by atoms with Crippen molar-refractivity contribution in [2.45, 2.75) is 6.92 Å². The summed E-state index contributed by atoms with van der Waals surface area (Å²) < 4.78 is 2.37. The molecule has 0 atom stereocenters.